The molecule has 0 aromatic heterocycles. The highest BCUT2D eigenvalue weighted by atomic mass is 32.2. The van der Waals surface area contributed by atoms with Crippen molar-refractivity contribution in [1.29, 1.82) is 0 Å². The van der Waals surface area contributed by atoms with E-state index < -0.39 is 17.8 Å². The quantitative estimate of drug-likeness (QED) is 0.317. The third kappa shape index (κ3) is 6.03. The smallest absolute Gasteiger partial charge is 0.0811 e. The van der Waals surface area contributed by atoms with Gasteiger partial charge in [0.25, 0.3) is 0 Å². The molecule has 7 atom stereocenters. The van der Waals surface area contributed by atoms with Crippen LogP contribution in [0.1, 0.15) is 91.9 Å². The molecule has 4 nitrogen and oxygen atoms in total. The maximum atomic E-state index is 11.2. The van der Waals surface area contributed by atoms with Gasteiger partial charge in [-0.3, -0.25) is 0 Å². The SMILES string of the molecule is C=C1C(=CC=C2CCC[C@]3(C)[C@@H]([C@@H](C)SCCCC(O)(CC)CC)[C@@H](O)C[C@@H]23)C[C@@H](O)C[C@@H]1O. The van der Waals surface area contributed by atoms with Gasteiger partial charge in [0.05, 0.1) is 23.9 Å². The monoisotopic (exact) mass is 492 g/mol. The summed E-state index contributed by atoms with van der Waals surface area (Å²) >= 11 is 1.96. The van der Waals surface area contributed by atoms with Crippen molar-refractivity contribution < 1.29 is 20.4 Å². The normalized spacial score (nSPS) is 37.9. The predicted molar refractivity (Wildman–Crippen MR) is 143 cm³/mol. The number of aliphatic hydroxyl groups is 4. The summed E-state index contributed by atoms with van der Waals surface area (Å²) in [5.74, 6) is 1.66. The summed E-state index contributed by atoms with van der Waals surface area (Å²) in [5.41, 5.74) is 2.64. The molecule has 194 valence electrons. The molecule has 3 fully saturated rings. The summed E-state index contributed by atoms with van der Waals surface area (Å²) in [6, 6.07) is 0. The molecule has 0 heterocycles. The summed E-state index contributed by atoms with van der Waals surface area (Å²) in [4.78, 5) is 0. The molecule has 3 aliphatic rings. The molecule has 0 unspecified atom stereocenters. The zero-order valence-corrected chi connectivity index (χ0v) is 22.6. The second-order valence-electron chi connectivity index (χ2n) is 11.4. The van der Waals surface area contributed by atoms with E-state index in [0.717, 1.165) is 68.3 Å². The first-order chi connectivity index (χ1) is 16.0. The molecule has 0 radical (unpaired) electrons. The first-order valence-electron chi connectivity index (χ1n) is 13.5. The van der Waals surface area contributed by atoms with Crippen LogP contribution < -0.4 is 0 Å². The van der Waals surface area contributed by atoms with Crippen LogP contribution >= 0.6 is 11.8 Å². The molecular weight excluding hydrogens is 444 g/mol. The Morgan fingerprint density at radius 1 is 1.18 bits per heavy atom. The van der Waals surface area contributed by atoms with Crippen molar-refractivity contribution in [2.45, 2.75) is 121 Å². The Kier molecular flexibility index (Phi) is 9.58. The average Bonchev–Trinajstić information content (AvgIpc) is 3.08. The van der Waals surface area contributed by atoms with E-state index in [4.69, 9.17) is 0 Å². The number of aliphatic hydroxyl groups excluding tert-OH is 3. The summed E-state index contributed by atoms with van der Waals surface area (Å²) in [6.45, 7) is 12.8. The highest BCUT2D eigenvalue weighted by Crippen LogP contribution is 2.59. The maximum Gasteiger partial charge on any atom is 0.0811 e. The van der Waals surface area contributed by atoms with E-state index in [2.05, 4.69) is 46.4 Å². The second kappa shape index (κ2) is 11.6. The summed E-state index contributed by atoms with van der Waals surface area (Å²) in [7, 11) is 0. The first-order valence-corrected chi connectivity index (χ1v) is 14.6. The van der Waals surface area contributed by atoms with Crippen molar-refractivity contribution in [1.82, 2.24) is 0 Å². The van der Waals surface area contributed by atoms with E-state index >= 15 is 0 Å². The minimum absolute atomic E-state index is 0.0879. The molecule has 0 saturated heterocycles. The van der Waals surface area contributed by atoms with Crippen LogP contribution in [0.25, 0.3) is 0 Å². The van der Waals surface area contributed by atoms with Gasteiger partial charge in [-0.2, -0.15) is 11.8 Å². The maximum absolute atomic E-state index is 11.2. The van der Waals surface area contributed by atoms with Crippen molar-refractivity contribution in [3.05, 3.63) is 35.5 Å². The number of allylic oxidation sites excluding steroid dienone is 3. The number of hydrogen-bond donors (Lipinski definition) is 4. The lowest BCUT2D eigenvalue weighted by molar-refractivity contribution is 0.0232. The van der Waals surface area contributed by atoms with Gasteiger partial charge >= 0.3 is 0 Å². The van der Waals surface area contributed by atoms with E-state index in [0.29, 0.717) is 24.0 Å². The fourth-order valence-electron chi connectivity index (χ4n) is 6.98. The van der Waals surface area contributed by atoms with E-state index in [-0.39, 0.29) is 17.4 Å². The molecular formula is C29H48O4S. The zero-order chi connectivity index (χ0) is 25.1. The summed E-state index contributed by atoms with van der Waals surface area (Å²) in [5, 5.41) is 42.4. The Morgan fingerprint density at radius 2 is 1.88 bits per heavy atom. The lowest BCUT2D eigenvalue weighted by atomic mass is 9.63. The predicted octanol–water partition coefficient (Wildman–Crippen LogP) is 5.55. The first kappa shape index (κ1) is 28.0. The van der Waals surface area contributed by atoms with Gasteiger partial charge in [-0.05, 0) is 86.0 Å². The minimum atomic E-state index is -0.661. The Bertz CT molecular complexity index is 770. The van der Waals surface area contributed by atoms with Crippen molar-refractivity contribution in [2.75, 3.05) is 5.75 Å². The van der Waals surface area contributed by atoms with Crippen LogP contribution in [0, 0.1) is 17.3 Å². The topological polar surface area (TPSA) is 80.9 Å². The molecule has 3 saturated carbocycles. The van der Waals surface area contributed by atoms with Crippen LogP contribution in [0.3, 0.4) is 0 Å². The van der Waals surface area contributed by atoms with E-state index in [1.807, 2.05) is 11.8 Å². The van der Waals surface area contributed by atoms with Crippen molar-refractivity contribution in [3.63, 3.8) is 0 Å². The van der Waals surface area contributed by atoms with Crippen LogP contribution in [0.2, 0.25) is 0 Å². The Labute approximate surface area is 211 Å². The Hall–Kier alpha value is -0.590. The van der Waals surface area contributed by atoms with Gasteiger partial charge in [0.1, 0.15) is 0 Å². The number of fused-ring (bicyclic) bond motifs is 1. The highest BCUT2D eigenvalue weighted by Gasteiger charge is 2.55. The van der Waals surface area contributed by atoms with Gasteiger partial charge < -0.3 is 20.4 Å². The van der Waals surface area contributed by atoms with Gasteiger partial charge in [0.2, 0.25) is 0 Å². The van der Waals surface area contributed by atoms with Crippen LogP contribution in [0.15, 0.2) is 35.5 Å². The molecule has 34 heavy (non-hydrogen) atoms. The van der Waals surface area contributed by atoms with E-state index in [9.17, 15) is 20.4 Å². The zero-order valence-electron chi connectivity index (χ0n) is 21.8. The van der Waals surface area contributed by atoms with Gasteiger partial charge in [-0.15, -0.1) is 0 Å². The fourth-order valence-corrected chi connectivity index (χ4v) is 8.37. The molecule has 0 bridgehead atoms. The minimum Gasteiger partial charge on any atom is -0.393 e. The number of rotatable bonds is 9. The molecule has 3 rings (SSSR count). The third-order valence-electron chi connectivity index (χ3n) is 9.33. The van der Waals surface area contributed by atoms with Crippen LogP contribution in [0.5, 0.6) is 0 Å². The van der Waals surface area contributed by atoms with Crippen LogP contribution in [-0.4, -0.2) is 55.3 Å². The van der Waals surface area contributed by atoms with Crippen molar-refractivity contribution in [2.24, 2.45) is 17.3 Å². The van der Waals surface area contributed by atoms with Crippen molar-refractivity contribution in [3.8, 4) is 0 Å². The van der Waals surface area contributed by atoms with Crippen LogP contribution in [0.4, 0.5) is 0 Å². The van der Waals surface area contributed by atoms with Gasteiger partial charge in [0.15, 0.2) is 0 Å². The van der Waals surface area contributed by atoms with E-state index in [1.165, 1.54) is 5.57 Å². The molecule has 0 aromatic carbocycles. The molecule has 4 N–H and O–H groups in total. The fraction of sp³-hybridized carbons (Fsp3) is 0.793. The van der Waals surface area contributed by atoms with Gasteiger partial charge in [-0.1, -0.05) is 52.0 Å². The average molecular weight is 493 g/mol. The molecule has 0 amide bonds. The molecule has 3 aliphatic carbocycles. The molecule has 0 aliphatic heterocycles. The molecule has 0 aromatic rings. The number of thioether (sulfide) groups is 1. The standard InChI is InChI=1S/C29H48O4S/c1-6-29(33,7-2)14-9-15-34-20(4)27-26(32)18-24-21(10-8-13-28(24,27)5)11-12-22-16-23(30)17-25(31)19(22)3/h11-12,20,23-27,30-33H,3,6-10,13-18H2,1-2,4-5H3/t20-,23-,24+,25+,26+,27+,28+/m1/s1. The molecule has 0 spiro atoms. The van der Waals surface area contributed by atoms with E-state index in [1.54, 1.807) is 0 Å². The highest BCUT2D eigenvalue weighted by molar-refractivity contribution is 7.99. The largest absolute Gasteiger partial charge is 0.393 e. The lowest BCUT2D eigenvalue weighted by Crippen LogP contribution is -2.39. The third-order valence-corrected chi connectivity index (χ3v) is 10.7. The summed E-state index contributed by atoms with van der Waals surface area (Å²) < 4.78 is 0. The van der Waals surface area contributed by atoms with Crippen molar-refractivity contribution >= 4 is 11.8 Å². The van der Waals surface area contributed by atoms with Crippen LogP contribution in [-0.2, 0) is 0 Å². The Morgan fingerprint density at radius 3 is 2.56 bits per heavy atom. The Balaban J connectivity index is 1.68. The molecule has 5 heteroatoms. The second-order valence-corrected chi connectivity index (χ2v) is 12.9. The van der Waals surface area contributed by atoms with Gasteiger partial charge in [-0.25, -0.2) is 0 Å². The van der Waals surface area contributed by atoms with Gasteiger partial charge in [0, 0.05) is 17.6 Å². The summed E-state index contributed by atoms with van der Waals surface area (Å²) in [6.07, 6.45) is 11.3. The number of hydrogen-bond acceptors (Lipinski definition) is 5. The lowest BCUT2D eigenvalue weighted by Gasteiger charge is -2.44.